The van der Waals surface area contributed by atoms with Gasteiger partial charge in [0.2, 0.25) is 5.91 Å². The first-order valence-electron chi connectivity index (χ1n) is 4.84. The lowest BCUT2D eigenvalue weighted by Crippen LogP contribution is -2.06. The second-order valence-electron chi connectivity index (χ2n) is 3.78. The van der Waals surface area contributed by atoms with Crippen LogP contribution in [0.3, 0.4) is 0 Å². The fraction of sp³-hybridized carbons (Fsp3) is 0.250. The van der Waals surface area contributed by atoms with Crippen LogP contribution in [0.2, 0.25) is 0 Å². The summed E-state index contributed by atoms with van der Waals surface area (Å²) in [6, 6.07) is 5.31. The van der Waals surface area contributed by atoms with E-state index in [0.29, 0.717) is 0 Å². The number of phenolic OH excluding ortho intramolecular Hbond substituents is 1. The molecule has 0 fully saturated rings. The highest BCUT2D eigenvalue weighted by Crippen LogP contribution is 2.28. The molecule has 78 valence electrons. The van der Waals surface area contributed by atoms with Crippen LogP contribution < -0.4 is 0 Å². The molecule has 15 heavy (non-hydrogen) atoms. The van der Waals surface area contributed by atoms with Crippen LogP contribution in [-0.2, 0) is 0 Å². The summed E-state index contributed by atoms with van der Waals surface area (Å²) in [5.74, 6) is 0.260. The maximum absolute atomic E-state index is 11.4. The van der Waals surface area contributed by atoms with Crippen molar-refractivity contribution < 1.29 is 9.90 Å². The Hall–Kier alpha value is -1.77. The number of carbonyl (C=O) groups excluding carboxylic acids is 1. The van der Waals surface area contributed by atoms with E-state index in [-0.39, 0.29) is 11.7 Å². The van der Waals surface area contributed by atoms with E-state index < -0.39 is 0 Å². The quantitative estimate of drug-likeness (QED) is 0.715. The van der Waals surface area contributed by atoms with Gasteiger partial charge in [-0.15, -0.1) is 0 Å². The smallest absolute Gasteiger partial charge is 0.228 e. The zero-order valence-electron chi connectivity index (χ0n) is 9.03. The van der Waals surface area contributed by atoms with Crippen molar-refractivity contribution in [3.05, 3.63) is 29.5 Å². The van der Waals surface area contributed by atoms with Crippen molar-refractivity contribution in [2.45, 2.75) is 20.8 Å². The molecule has 1 N–H and O–H groups in total. The number of fused-ring (bicyclic) bond motifs is 1. The standard InChI is InChI=1S/C12H13NO2/c1-7-6-10-8(2)12(15)5-4-11(10)13(7)9(3)14/h4-6,15H,1-3H3. The Morgan fingerprint density at radius 3 is 2.60 bits per heavy atom. The van der Waals surface area contributed by atoms with Gasteiger partial charge in [-0.2, -0.15) is 0 Å². The molecule has 3 heteroatoms. The minimum absolute atomic E-state index is 0.00686. The number of phenols is 1. The molecule has 0 radical (unpaired) electrons. The highest BCUT2D eigenvalue weighted by molar-refractivity contribution is 5.95. The molecule has 0 saturated heterocycles. The first-order valence-corrected chi connectivity index (χ1v) is 4.84. The van der Waals surface area contributed by atoms with E-state index in [4.69, 9.17) is 0 Å². The molecule has 0 aliphatic heterocycles. The summed E-state index contributed by atoms with van der Waals surface area (Å²) in [5.41, 5.74) is 2.57. The molecule has 0 amide bonds. The van der Waals surface area contributed by atoms with Gasteiger partial charge in [0, 0.05) is 23.6 Å². The number of aromatic nitrogens is 1. The molecule has 0 unspecified atom stereocenters. The number of rotatable bonds is 0. The molecule has 1 heterocycles. The summed E-state index contributed by atoms with van der Waals surface area (Å²) in [6.07, 6.45) is 0. The van der Waals surface area contributed by atoms with E-state index in [2.05, 4.69) is 0 Å². The predicted molar refractivity (Wildman–Crippen MR) is 59.4 cm³/mol. The molecule has 0 aliphatic carbocycles. The Morgan fingerprint density at radius 2 is 2.00 bits per heavy atom. The van der Waals surface area contributed by atoms with Crippen LogP contribution >= 0.6 is 0 Å². The second-order valence-corrected chi connectivity index (χ2v) is 3.78. The van der Waals surface area contributed by atoms with Gasteiger partial charge >= 0.3 is 0 Å². The first kappa shape index (κ1) is 9.77. The van der Waals surface area contributed by atoms with Gasteiger partial charge in [0.25, 0.3) is 0 Å². The Bertz CT molecular complexity index is 552. The second kappa shape index (κ2) is 3.12. The van der Waals surface area contributed by atoms with Crippen molar-refractivity contribution >= 4 is 16.8 Å². The van der Waals surface area contributed by atoms with E-state index >= 15 is 0 Å². The Labute approximate surface area is 87.9 Å². The summed E-state index contributed by atoms with van der Waals surface area (Å²) in [6.45, 7) is 5.27. The van der Waals surface area contributed by atoms with E-state index in [1.54, 1.807) is 16.7 Å². The van der Waals surface area contributed by atoms with E-state index in [0.717, 1.165) is 22.2 Å². The zero-order valence-corrected chi connectivity index (χ0v) is 9.03. The molecule has 1 aromatic heterocycles. The number of hydrogen-bond acceptors (Lipinski definition) is 2. The highest BCUT2D eigenvalue weighted by atomic mass is 16.3. The number of benzene rings is 1. The van der Waals surface area contributed by atoms with Gasteiger partial charge in [-0.1, -0.05) is 0 Å². The number of aromatic hydroxyl groups is 1. The molecule has 0 aliphatic rings. The average Bonchev–Trinajstić information content (AvgIpc) is 2.49. The molecular formula is C12H13NO2. The largest absolute Gasteiger partial charge is 0.508 e. The Morgan fingerprint density at radius 1 is 1.33 bits per heavy atom. The molecule has 2 aromatic rings. The summed E-state index contributed by atoms with van der Waals surface area (Å²) < 4.78 is 1.65. The Balaban J connectivity index is 2.91. The fourth-order valence-electron chi connectivity index (χ4n) is 1.96. The third-order valence-electron chi connectivity index (χ3n) is 2.72. The van der Waals surface area contributed by atoms with Crippen LogP contribution in [0.25, 0.3) is 10.9 Å². The lowest BCUT2D eigenvalue weighted by molar-refractivity contribution is 0.0940. The van der Waals surface area contributed by atoms with E-state index in [9.17, 15) is 9.90 Å². The number of carbonyl (C=O) groups is 1. The van der Waals surface area contributed by atoms with Crippen molar-refractivity contribution in [3.63, 3.8) is 0 Å². The van der Waals surface area contributed by atoms with Gasteiger partial charge in [0.15, 0.2) is 0 Å². The van der Waals surface area contributed by atoms with Crippen LogP contribution in [0.4, 0.5) is 0 Å². The first-order chi connectivity index (χ1) is 7.02. The van der Waals surface area contributed by atoms with Gasteiger partial charge in [0.05, 0.1) is 5.52 Å². The fourth-order valence-corrected chi connectivity index (χ4v) is 1.96. The van der Waals surface area contributed by atoms with Crippen molar-refractivity contribution in [1.29, 1.82) is 0 Å². The SMILES string of the molecule is CC(=O)n1c(C)cc2c(C)c(O)ccc21. The molecule has 3 nitrogen and oxygen atoms in total. The van der Waals surface area contributed by atoms with Gasteiger partial charge in [-0.25, -0.2) is 0 Å². The van der Waals surface area contributed by atoms with Gasteiger partial charge < -0.3 is 5.11 Å². The summed E-state index contributed by atoms with van der Waals surface area (Å²) in [7, 11) is 0. The third-order valence-corrected chi connectivity index (χ3v) is 2.72. The average molecular weight is 203 g/mol. The van der Waals surface area contributed by atoms with Crippen LogP contribution in [-0.4, -0.2) is 15.6 Å². The van der Waals surface area contributed by atoms with Gasteiger partial charge in [0.1, 0.15) is 5.75 Å². The predicted octanol–water partition coefficient (Wildman–Crippen LogP) is 2.62. The van der Waals surface area contributed by atoms with E-state index in [1.807, 2.05) is 19.9 Å². The third kappa shape index (κ3) is 1.31. The van der Waals surface area contributed by atoms with Gasteiger partial charge in [-0.05, 0) is 32.0 Å². The van der Waals surface area contributed by atoms with Crippen LogP contribution in [0.15, 0.2) is 18.2 Å². The lowest BCUT2D eigenvalue weighted by atomic mass is 10.1. The Kier molecular flexibility index (Phi) is 2.03. The highest BCUT2D eigenvalue weighted by Gasteiger charge is 2.11. The zero-order chi connectivity index (χ0) is 11.2. The summed E-state index contributed by atoms with van der Waals surface area (Å²) in [5, 5.41) is 10.5. The van der Waals surface area contributed by atoms with Crippen molar-refractivity contribution in [3.8, 4) is 5.75 Å². The van der Waals surface area contributed by atoms with Crippen molar-refractivity contribution in [1.82, 2.24) is 4.57 Å². The lowest BCUT2D eigenvalue weighted by Gasteiger charge is -2.04. The van der Waals surface area contributed by atoms with Crippen LogP contribution in [0, 0.1) is 13.8 Å². The monoisotopic (exact) mass is 203 g/mol. The molecule has 0 bridgehead atoms. The van der Waals surface area contributed by atoms with E-state index in [1.165, 1.54) is 6.92 Å². The van der Waals surface area contributed by atoms with Gasteiger partial charge in [-0.3, -0.25) is 9.36 Å². The number of nitrogens with zero attached hydrogens (tertiary/aromatic N) is 1. The topological polar surface area (TPSA) is 42.2 Å². The molecule has 1 aromatic carbocycles. The van der Waals surface area contributed by atoms with Crippen molar-refractivity contribution in [2.24, 2.45) is 0 Å². The molecule has 0 atom stereocenters. The molecular weight excluding hydrogens is 190 g/mol. The maximum Gasteiger partial charge on any atom is 0.228 e. The van der Waals surface area contributed by atoms with Crippen LogP contribution in [0.5, 0.6) is 5.75 Å². The molecule has 0 saturated carbocycles. The molecule has 0 spiro atoms. The summed E-state index contributed by atoms with van der Waals surface area (Å²) >= 11 is 0. The minimum atomic E-state index is -0.00686. The normalized spacial score (nSPS) is 10.9. The van der Waals surface area contributed by atoms with Crippen molar-refractivity contribution in [2.75, 3.05) is 0 Å². The number of aryl methyl sites for hydroxylation is 2. The molecule has 2 rings (SSSR count). The van der Waals surface area contributed by atoms with Crippen LogP contribution in [0.1, 0.15) is 23.0 Å². The summed E-state index contributed by atoms with van der Waals surface area (Å²) in [4.78, 5) is 11.4. The maximum atomic E-state index is 11.4. The number of hydrogen-bond donors (Lipinski definition) is 1. The minimum Gasteiger partial charge on any atom is -0.508 e.